The lowest BCUT2D eigenvalue weighted by Crippen LogP contribution is -2.47. The largest absolute Gasteiger partial charge is 0.756 e. The van der Waals surface area contributed by atoms with Gasteiger partial charge in [0, 0.05) is 12.8 Å². The highest BCUT2D eigenvalue weighted by molar-refractivity contribution is 7.45. The summed E-state index contributed by atoms with van der Waals surface area (Å²) in [6, 6.07) is -0.956. The van der Waals surface area contributed by atoms with Gasteiger partial charge in [-0.25, -0.2) is 0 Å². The molecule has 0 fully saturated rings. The molecule has 1 N–H and O–H groups in total. The first-order valence-electron chi connectivity index (χ1n) is 27.2. The van der Waals surface area contributed by atoms with Crippen LogP contribution in [0.4, 0.5) is 0 Å². The molecule has 0 aliphatic carbocycles. The number of ether oxygens (including phenoxy) is 1. The van der Waals surface area contributed by atoms with Crippen LogP contribution in [-0.2, 0) is 27.9 Å². The standard InChI is InChI=1S/C59H101N2O7P/c1-7-10-13-16-19-22-25-27-28-29-30-31-32-34-36-39-42-45-48-51-58(62)60-56(55-67-69(64,65)66-54-53-61(4,5)6)57(50-47-44-41-38-35-24-21-18-15-12-9-3)68-59(63)52-49-46-43-40-37-33-26-23-20-17-14-11-8-2/h10,13,19,22,27-28,30-31,33-34,36-37,42-43,45-47,50,56-57H,7-9,11-12,14-18,20-21,23-26,29,32,35,38-41,44,48-49,51-55H2,1-6H3,(H-,60,62,64,65)/b13-10-,22-19-,28-27-,31-30-,36-34-,37-33-,45-42-,46-43+,50-47-. The molecule has 10 heteroatoms. The molecule has 394 valence electrons. The third-order valence-corrected chi connectivity index (χ3v) is 12.2. The summed E-state index contributed by atoms with van der Waals surface area (Å²) < 4.78 is 30.0. The fraction of sp³-hybridized carbons (Fsp3) is 0.661. The first-order valence-corrected chi connectivity index (χ1v) is 28.7. The average molecular weight is 981 g/mol. The Hall–Kier alpha value is -3.33. The molecular formula is C59H101N2O7P. The number of unbranched alkanes of at least 4 members (excludes halogenated alkanes) is 15. The predicted octanol–water partition coefficient (Wildman–Crippen LogP) is 15.6. The molecule has 3 atom stereocenters. The molecule has 0 spiro atoms. The Morgan fingerprint density at radius 3 is 1.39 bits per heavy atom. The van der Waals surface area contributed by atoms with Crippen molar-refractivity contribution in [2.75, 3.05) is 40.9 Å². The molecule has 0 aromatic rings. The molecule has 0 aliphatic heterocycles. The number of carbonyl (C=O) groups is 2. The Balaban J connectivity index is 5.56. The van der Waals surface area contributed by atoms with E-state index in [1.54, 1.807) is 6.08 Å². The van der Waals surface area contributed by atoms with Crippen molar-refractivity contribution in [3.8, 4) is 0 Å². The Bertz CT molecular complexity index is 1550. The van der Waals surface area contributed by atoms with Crippen molar-refractivity contribution in [3.63, 3.8) is 0 Å². The molecule has 0 rings (SSSR count). The lowest BCUT2D eigenvalue weighted by molar-refractivity contribution is -0.870. The SMILES string of the molecule is CC/C=C\C/C=C\C/C=C\C/C=C\C/C=C\C/C=C\CCC(=O)NC(COP(=O)([O-])OCC[N+](C)(C)C)C(/C=C\CCCCCCCCCCC)OC(=O)CC/C=C/C/C=C\CCCCCCCC. The second-order valence-electron chi connectivity index (χ2n) is 19.0. The van der Waals surface area contributed by atoms with Crippen molar-refractivity contribution in [3.05, 3.63) is 109 Å². The highest BCUT2D eigenvalue weighted by Gasteiger charge is 2.27. The number of carbonyl (C=O) groups excluding carboxylic acids is 2. The van der Waals surface area contributed by atoms with Crippen LogP contribution in [0.5, 0.6) is 0 Å². The zero-order valence-electron chi connectivity index (χ0n) is 44.7. The van der Waals surface area contributed by atoms with Gasteiger partial charge in [-0.2, -0.15) is 0 Å². The van der Waals surface area contributed by atoms with Crippen LogP contribution in [0.25, 0.3) is 0 Å². The van der Waals surface area contributed by atoms with Gasteiger partial charge in [0.1, 0.15) is 19.3 Å². The minimum Gasteiger partial charge on any atom is -0.756 e. The third-order valence-electron chi connectivity index (χ3n) is 11.2. The second-order valence-corrected chi connectivity index (χ2v) is 20.4. The molecule has 0 aliphatic rings. The van der Waals surface area contributed by atoms with E-state index in [4.69, 9.17) is 13.8 Å². The predicted molar refractivity (Wildman–Crippen MR) is 293 cm³/mol. The summed E-state index contributed by atoms with van der Waals surface area (Å²) in [7, 11) is 1.10. The lowest BCUT2D eigenvalue weighted by atomic mass is 10.1. The number of phosphoric acid groups is 1. The molecule has 0 aromatic heterocycles. The summed E-state index contributed by atoms with van der Waals surface area (Å²) in [6.45, 7) is 6.58. The minimum absolute atomic E-state index is 0.0489. The molecule has 1 amide bonds. The summed E-state index contributed by atoms with van der Waals surface area (Å²) in [6.07, 6.45) is 65.2. The Morgan fingerprint density at radius 2 is 0.928 bits per heavy atom. The van der Waals surface area contributed by atoms with Gasteiger partial charge in [-0.3, -0.25) is 14.2 Å². The average Bonchev–Trinajstić information content (AvgIpc) is 3.31. The lowest BCUT2D eigenvalue weighted by Gasteiger charge is -2.30. The van der Waals surface area contributed by atoms with Crippen molar-refractivity contribution in [1.29, 1.82) is 0 Å². The van der Waals surface area contributed by atoms with Crippen LogP contribution in [0.3, 0.4) is 0 Å². The Labute approximate surface area is 423 Å². The smallest absolute Gasteiger partial charge is 0.306 e. The molecule has 3 unspecified atom stereocenters. The van der Waals surface area contributed by atoms with Gasteiger partial charge in [0.2, 0.25) is 5.91 Å². The normalized spacial score (nSPS) is 14.7. The van der Waals surface area contributed by atoms with E-state index in [9.17, 15) is 19.0 Å². The molecule has 0 aromatic carbocycles. The van der Waals surface area contributed by atoms with Gasteiger partial charge < -0.3 is 28.5 Å². The monoisotopic (exact) mass is 981 g/mol. The van der Waals surface area contributed by atoms with Gasteiger partial charge >= 0.3 is 5.97 Å². The number of allylic oxidation sites excluding steroid dienone is 17. The topological polar surface area (TPSA) is 114 Å². The van der Waals surface area contributed by atoms with Gasteiger partial charge in [-0.15, -0.1) is 0 Å². The Kier molecular flexibility index (Phi) is 46.0. The number of rotatable bonds is 47. The summed E-state index contributed by atoms with van der Waals surface area (Å²) in [5.41, 5.74) is 0. The van der Waals surface area contributed by atoms with E-state index in [2.05, 4.69) is 105 Å². The van der Waals surface area contributed by atoms with Crippen molar-refractivity contribution >= 4 is 19.7 Å². The van der Waals surface area contributed by atoms with Gasteiger partial charge in [-0.05, 0) is 89.5 Å². The number of quaternary nitrogens is 1. The fourth-order valence-corrected chi connectivity index (χ4v) is 7.73. The van der Waals surface area contributed by atoms with E-state index < -0.39 is 32.5 Å². The molecular weight excluding hydrogens is 880 g/mol. The molecule has 0 saturated heterocycles. The van der Waals surface area contributed by atoms with Crippen LogP contribution in [0.1, 0.15) is 201 Å². The number of likely N-dealkylation sites (N-methyl/N-ethyl adjacent to an activating group) is 1. The van der Waals surface area contributed by atoms with E-state index >= 15 is 0 Å². The maximum atomic E-state index is 13.4. The Morgan fingerprint density at radius 1 is 0.522 bits per heavy atom. The number of nitrogens with one attached hydrogen (secondary N) is 1. The number of esters is 1. The first kappa shape index (κ1) is 65.7. The van der Waals surface area contributed by atoms with Crippen molar-refractivity contribution in [2.24, 2.45) is 0 Å². The minimum atomic E-state index is -4.73. The van der Waals surface area contributed by atoms with E-state index in [-0.39, 0.29) is 25.4 Å². The van der Waals surface area contributed by atoms with Crippen LogP contribution in [0, 0.1) is 0 Å². The fourth-order valence-electron chi connectivity index (χ4n) is 7.01. The van der Waals surface area contributed by atoms with E-state index in [1.165, 1.54) is 83.5 Å². The van der Waals surface area contributed by atoms with Crippen LogP contribution in [0.15, 0.2) is 109 Å². The van der Waals surface area contributed by atoms with Crippen molar-refractivity contribution in [2.45, 2.75) is 213 Å². The van der Waals surface area contributed by atoms with Gasteiger partial charge in [-0.1, -0.05) is 208 Å². The molecule has 0 heterocycles. The maximum Gasteiger partial charge on any atom is 0.306 e. The number of hydrogen-bond donors (Lipinski definition) is 1. The van der Waals surface area contributed by atoms with Crippen LogP contribution in [0.2, 0.25) is 0 Å². The molecule has 0 saturated carbocycles. The third kappa shape index (κ3) is 49.4. The summed E-state index contributed by atoms with van der Waals surface area (Å²) in [5.74, 6) is -0.728. The molecule has 0 radical (unpaired) electrons. The van der Waals surface area contributed by atoms with Crippen molar-refractivity contribution in [1.82, 2.24) is 5.32 Å². The molecule has 69 heavy (non-hydrogen) atoms. The number of amides is 1. The van der Waals surface area contributed by atoms with Crippen LogP contribution in [-0.4, -0.2) is 69.4 Å². The highest BCUT2D eigenvalue weighted by atomic mass is 31.2. The summed E-state index contributed by atoms with van der Waals surface area (Å²) in [4.78, 5) is 39.6. The first-order chi connectivity index (χ1) is 33.4. The summed E-state index contributed by atoms with van der Waals surface area (Å²) in [5, 5.41) is 2.94. The zero-order chi connectivity index (χ0) is 50.8. The zero-order valence-corrected chi connectivity index (χ0v) is 45.6. The van der Waals surface area contributed by atoms with E-state index in [0.717, 1.165) is 70.6 Å². The maximum absolute atomic E-state index is 13.4. The molecule has 9 nitrogen and oxygen atoms in total. The van der Waals surface area contributed by atoms with Crippen molar-refractivity contribution < 1.29 is 37.3 Å². The number of nitrogens with zero attached hydrogens (tertiary/aromatic N) is 1. The van der Waals surface area contributed by atoms with Crippen LogP contribution >= 0.6 is 7.82 Å². The molecule has 0 bridgehead atoms. The quantitative estimate of drug-likeness (QED) is 0.0212. The van der Waals surface area contributed by atoms with E-state index in [1.807, 2.05) is 45.4 Å². The number of phosphoric ester groups is 1. The number of hydrogen-bond acceptors (Lipinski definition) is 7. The van der Waals surface area contributed by atoms with Gasteiger partial charge in [0.15, 0.2) is 0 Å². The van der Waals surface area contributed by atoms with Gasteiger partial charge in [0.05, 0.1) is 33.8 Å². The van der Waals surface area contributed by atoms with E-state index in [0.29, 0.717) is 23.9 Å². The summed E-state index contributed by atoms with van der Waals surface area (Å²) >= 11 is 0. The van der Waals surface area contributed by atoms with Crippen LogP contribution < -0.4 is 10.2 Å². The van der Waals surface area contributed by atoms with Gasteiger partial charge in [0.25, 0.3) is 7.82 Å². The highest BCUT2D eigenvalue weighted by Crippen LogP contribution is 2.38. The second kappa shape index (κ2) is 48.3.